The number of nitrogens with zero attached hydrogens (tertiary/aromatic N) is 1. The van der Waals surface area contributed by atoms with Gasteiger partial charge >= 0.3 is 0 Å². The van der Waals surface area contributed by atoms with E-state index in [2.05, 4.69) is 5.32 Å². The van der Waals surface area contributed by atoms with E-state index >= 15 is 0 Å². The third-order valence-electron chi connectivity index (χ3n) is 4.47. The van der Waals surface area contributed by atoms with Crippen LogP contribution in [0.15, 0.2) is 47.4 Å². The molecular weight excluding hydrogens is 439 g/mol. The maximum absolute atomic E-state index is 13.2. The summed E-state index contributed by atoms with van der Waals surface area (Å²) in [6.07, 6.45) is 2.36. The van der Waals surface area contributed by atoms with Crippen LogP contribution in [-0.2, 0) is 9.59 Å². The second kappa shape index (κ2) is 10.4. The standard InChI is InChI=1S/C22H21FN2O4S2/c1-28-17-9-8-14(11-18(17)29-2)12-19-21(27)25(22(30)31-19)10-4-7-20(26)24-16-6-3-5-15(23)13-16/h3,5-6,8-9,11-13H,4,7,10H2,1-2H3,(H,24,26). The number of carbonyl (C=O) groups is 2. The average Bonchev–Trinajstić information content (AvgIpc) is 3.01. The van der Waals surface area contributed by atoms with E-state index in [9.17, 15) is 14.0 Å². The van der Waals surface area contributed by atoms with Crippen molar-refractivity contribution >= 4 is 51.9 Å². The summed E-state index contributed by atoms with van der Waals surface area (Å²) in [6.45, 7) is 0.324. The Labute approximate surface area is 189 Å². The minimum atomic E-state index is -0.420. The fourth-order valence-corrected chi connectivity index (χ4v) is 4.28. The number of hydrogen-bond acceptors (Lipinski definition) is 6. The van der Waals surface area contributed by atoms with E-state index in [0.717, 1.165) is 5.56 Å². The van der Waals surface area contributed by atoms with Crippen molar-refractivity contribution in [1.29, 1.82) is 0 Å². The molecule has 6 nitrogen and oxygen atoms in total. The fourth-order valence-electron chi connectivity index (χ4n) is 2.97. The Morgan fingerprint density at radius 1 is 1.19 bits per heavy atom. The van der Waals surface area contributed by atoms with Crippen LogP contribution in [0.25, 0.3) is 6.08 Å². The number of anilines is 1. The van der Waals surface area contributed by atoms with Gasteiger partial charge in [-0.3, -0.25) is 14.5 Å². The van der Waals surface area contributed by atoms with Crippen molar-refractivity contribution in [3.8, 4) is 11.5 Å². The molecule has 1 N–H and O–H groups in total. The van der Waals surface area contributed by atoms with E-state index in [1.807, 2.05) is 6.07 Å². The van der Waals surface area contributed by atoms with E-state index in [4.69, 9.17) is 21.7 Å². The number of rotatable bonds is 8. The lowest BCUT2D eigenvalue weighted by molar-refractivity contribution is -0.122. The van der Waals surface area contributed by atoms with Gasteiger partial charge in [-0.1, -0.05) is 36.1 Å². The van der Waals surface area contributed by atoms with Gasteiger partial charge in [-0.25, -0.2) is 4.39 Å². The molecule has 1 aliphatic rings. The van der Waals surface area contributed by atoms with Crippen molar-refractivity contribution in [2.75, 3.05) is 26.1 Å². The molecule has 3 rings (SSSR count). The van der Waals surface area contributed by atoms with Gasteiger partial charge < -0.3 is 14.8 Å². The van der Waals surface area contributed by atoms with Gasteiger partial charge in [0.25, 0.3) is 5.91 Å². The number of carbonyl (C=O) groups excluding carboxylic acids is 2. The zero-order chi connectivity index (χ0) is 22.4. The second-order valence-electron chi connectivity index (χ2n) is 6.61. The third-order valence-corrected chi connectivity index (χ3v) is 5.85. The molecule has 0 radical (unpaired) electrons. The van der Waals surface area contributed by atoms with Crippen LogP contribution >= 0.6 is 24.0 Å². The van der Waals surface area contributed by atoms with Gasteiger partial charge in [0.05, 0.1) is 19.1 Å². The normalized spacial score (nSPS) is 14.8. The molecule has 0 unspecified atom stereocenters. The molecule has 1 fully saturated rings. The molecule has 2 aromatic rings. The lowest BCUT2D eigenvalue weighted by Gasteiger charge is -2.14. The Kier molecular flexibility index (Phi) is 7.64. The average molecular weight is 461 g/mol. The van der Waals surface area contributed by atoms with Gasteiger partial charge in [-0.05, 0) is 48.4 Å². The van der Waals surface area contributed by atoms with Gasteiger partial charge in [0.15, 0.2) is 11.5 Å². The summed E-state index contributed by atoms with van der Waals surface area (Å²) in [4.78, 5) is 26.8. The zero-order valence-electron chi connectivity index (χ0n) is 17.0. The van der Waals surface area contributed by atoms with Crippen molar-refractivity contribution in [1.82, 2.24) is 4.90 Å². The van der Waals surface area contributed by atoms with Gasteiger partial charge in [-0.2, -0.15) is 0 Å². The molecule has 1 heterocycles. The number of amides is 2. The highest BCUT2D eigenvalue weighted by Crippen LogP contribution is 2.34. The predicted octanol–water partition coefficient (Wildman–Crippen LogP) is 4.46. The third kappa shape index (κ3) is 5.83. The van der Waals surface area contributed by atoms with Crippen molar-refractivity contribution in [2.45, 2.75) is 12.8 Å². The number of thioether (sulfide) groups is 1. The Balaban J connectivity index is 1.57. The first kappa shape index (κ1) is 22.8. The number of ether oxygens (including phenoxy) is 2. The summed E-state index contributed by atoms with van der Waals surface area (Å²) in [7, 11) is 3.10. The molecule has 0 spiro atoms. The van der Waals surface area contributed by atoms with Crippen LogP contribution in [0.4, 0.5) is 10.1 Å². The van der Waals surface area contributed by atoms with Crippen LogP contribution in [0.3, 0.4) is 0 Å². The minimum Gasteiger partial charge on any atom is -0.493 e. The van der Waals surface area contributed by atoms with Gasteiger partial charge in [0.2, 0.25) is 5.91 Å². The summed E-state index contributed by atoms with van der Waals surface area (Å²) in [5.41, 5.74) is 1.18. The molecule has 1 saturated heterocycles. The van der Waals surface area contributed by atoms with Gasteiger partial charge in [0, 0.05) is 18.7 Å². The maximum atomic E-state index is 13.2. The van der Waals surface area contributed by atoms with Crippen LogP contribution in [0.5, 0.6) is 11.5 Å². The van der Waals surface area contributed by atoms with Crippen LogP contribution < -0.4 is 14.8 Å². The maximum Gasteiger partial charge on any atom is 0.266 e. The molecule has 2 aromatic carbocycles. The number of thiocarbonyl (C=S) groups is 1. The highest BCUT2D eigenvalue weighted by Gasteiger charge is 2.31. The lowest BCUT2D eigenvalue weighted by Crippen LogP contribution is -2.29. The summed E-state index contributed by atoms with van der Waals surface area (Å²) in [5, 5.41) is 2.64. The topological polar surface area (TPSA) is 67.9 Å². The largest absolute Gasteiger partial charge is 0.493 e. The Hall–Kier alpha value is -2.91. The number of halogens is 1. The molecule has 0 aliphatic carbocycles. The molecular formula is C22H21FN2O4S2. The monoisotopic (exact) mass is 460 g/mol. The highest BCUT2D eigenvalue weighted by atomic mass is 32.2. The van der Waals surface area contributed by atoms with E-state index in [0.29, 0.717) is 39.4 Å². The smallest absolute Gasteiger partial charge is 0.266 e. The van der Waals surface area contributed by atoms with Crippen LogP contribution in [-0.4, -0.2) is 41.8 Å². The second-order valence-corrected chi connectivity index (χ2v) is 8.29. The van der Waals surface area contributed by atoms with E-state index < -0.39 is 5.82 Å². The van der Waals surface area contributed by atoms with E-state index in [-0.39, 0.29) is 18.2 Å². The number of hydrogen-bond donors (Lipinski definition) is 1. The van der Waals surface area contributed by atoms with E-state index in [1.165, 1.54) is 34.9 Å². The van der Waals surface area contributed by atoms with Crippen molar-refractivity contribution in [3.63, 3.8) is 0 Å². The fraction of sp³-hybridized carbons (Fsp3) is 0.227. The number of benzene rings is 2. The Bertz CT molecular complexity index is 1040. The van der Waals surface area contributed by atoms with Crippen molar-refractivity contribution in [3.05, 3.63) is 58.8 Å². The predicted molar refractivity (Wildman–Crippen MR) is 124 cm³/mol. The first-order valence-electron chi connectivity index (χ1n) is 9.44. The van der Waals surface area contributed by atoms with Crippen LogP contribution in [0.2, 0.25) is 0 Å². The summed E-state index contributed by atoms with van der Waals surface area (Å²) in [6, 6.07) is 11.1. The molecule has 2 amide bonds. The Morgan fingerprint density at radius 2 is 1.97 bits per heavy atom. The Morgan fingerprint density at radius 3 is 2.68 bits per heavy atom. The summed E-state index contributed by atoms with van der Waals surface area (Å²) >= 11 is 6.56. The molecule has 0 aromatic heterocycles. The van der Waals surface area contributed by atoms with Crippen molar-refractivity contribution < 1.29 is 23.5 Å². The molecule has 0 saturated carbocycles. The number of nitrogens with one attached hydrogen (secondary N) is 1. The lowest BCUT2D eigenvalue weighted by atomic mass is 10.2. The quantitative estimate of drug-likeness (QED) is 0.463. The van der Waals surface area contributed by atoms with Crippen LogP contribution in [0.1, 0.15) is 18.4 Å². The van der Waals surface area contributed by atoms with Gasteiger partial charge in [0.1, 0.15) is 10.1 Å². The minimum absolute atomic E-state index is 0.183. The van der Waals surface area contributed by atoms with Crippen molar-refractivity contribution in [2.24, 2.45) is 0 Å². The van der Waals surface area contributed by atoms with Crippen LogP contribution in [0, 0.1) is 5.82 Å². The zero-order valence-corrected chi connectivity index (χ0v) is 18.6. The molecule has 162 valence electrons. The first-order chi connectivity index (χ1) is 14.9. The molecule has 31 heavy (non-hydrogen) atoms. The van der Waals surface area contributed by atoms with E-state index in [1.54, 1.807) is 38.5 Å². The highest BCUT2D eigenvalue weighted by molar-refractivity contribution is 8.26. The molecule has 0 atom stereocenters. The summed E-state index contributed by atoms with van der Waals surface area (Å²) in [5.74, 6) is 0.295. The summed E-state index contributed by atoms with van der Waals surface area (Å²) < 4.78 is 24.2. The number of methoxy groups -OCH3 is 2. The molecule has 9 heteroatoms. The first-order valence-corrected chi connectivity index (χ1v) is 10.7. The van der Waals surface area contributed by atoms with Gasteiger partial charge in [-0.15, -0.1) is 0 Å². The molecule has 1 aliphatic heterocycles. The SMILES string of the molecule is COc1ccc(C=C2SC(=S)N(CCCC(=O)Nc3cccc(F)c3)C2=O)cc1OC. The molecule has 0 bridgehead atoms.